The largest absolute Gasteiger partial charge is 0.495 e. The summed E-state index contributed by atoms with van der Waals surface area (Å²) in [7, 11) is 1.62. The van der Waals surface area contributed by atoms with E-state index in [0.29, 0.717) is 18.3 Å². The van der Waals surface area contributed by atoms with E-state index in [2.05, 4.69) is 15.5 Å². The average molecular weight is 430 g/mol. The fourth-order valence-electron chi connectivity index (χ4n) is 2.21. The SMILES string of the molecule is CCc1noc(CC)c1CN=C(N)Nc1ccccc1OC.I. The van der Waals surface area contributed by atoms with Crippen LogP contribution in [0.1, 0.15) is 30.9 Å². The van der Waals surface area contributed by atoms with E-state index in [1.54, 1.807) is 7.11 Å². The number of nitrogens with two attached hydrogens (primary N) is 1. The summed E-state index contributed by atoms with van der Waals surface area (Å²) in [6, 6.07) is 7.55. The van der Waals surface area contributed by atoms with Gasteiger partial charge in [-0.15, -0.1) is 24.0 Å². The number of aromatic nitrogens is 1. The smallest absolute Gasteiger partial charge is 0.193 e. The van der Waals surface area contributed by atoms with Gasteiger partial charge in [0.1, 0.15) is 11.5 Å². The molecule has 0 fully saturated rings. The van der Waals surface area contributed by atoms with Crippen molar-refractivity contribution in [2.24, 2.45) is 10.7 Å². The summed E-state index contributed by atoms with van der Waals surface area (Å²) >= 11 is 0. The van der Waals surface area contributed by atoms with Crippen molar-refractivity contribution in [3.05, 3.63) is 41.3 Å². The van der Waals surface area contributed by atoms with Crippen LogP contribution in [0.15, 0.2) is 33.8 Å². The number of guanidine groups is 1. The minimum Gasteiger partial charge on any atom is -0.495 e. The van der Waals surface area contributed by atoms with Gasteiger partial charge in [-0.2, -0.15) is 0 Å². The molecule has 0 amide bonds. The number of halogens is 1. The zero-order chi connectivity index (χ0) is 15.9. The maximum absolute atomic E-state index is 5.96. The molecule has 7 heteroatoms. The van der Waals surface area contributed by atoms with Gasteiger partial charge in [0.15, 0.2) is 5.96 Å². The minimum atomic E-state index is 0. The number of benzene rings is 1. The van der Waals surface area contributed by atoms with Crippen LogP contribution >= 0.6 is 24.0 Å². The first kappa shape index (κ1) is 19.3. The molecule has 0 radical (unpaired) electrons. The van der Waals surface area contributed by atoms with Crippen LogP contribution in [-0.2, 0) is 19.4 Å². The van der Waals surface area contributed by atoms with E-state index >= 15 is 0 Å². The third-order valence-electron chi connectivity index (χ3n) is 3.38. The van der Waals surface area contributed by atoms with Crippen LogP contribution in [0.2, 0.25) is 0 Å². The van der Waals surface area contributed by atoms with Crippen molar-refractivity contribution in [1.29, 1.82) is 0 Å². The van der Waals surface area contributed by atoms with Crippen LogP contribution in [0.4, 0.5) is 5.69 Å². The molecule has 0 aliphatic carbocycles. The number of methoxy groups -OCH3 is 1. The van der Waals surface area contributed by atoms with Crippen LogP contribution < -0.4 is 15.8 Å². The molecule has 126 valence electrons. The van der Waals surface area contributed by atoms with Crippen molar-refractivity contribution in [3.8, 4) is 5.75 Å². The number of rotatable bonds is 6. The predicted octanol–water partition coefficient (Wildman–Crippen LogP) is 3.35. The molecular formula is C16H23IN4O2. The van der Waals surface area contributed by atoms with Crippen LogP contribution in [0.25, 0.3) is 0 Å². The average Bonchev–Trinajstić information content (AvgIpc) is 2.95. The number of nitrogens with zero attached hydrogens (tertiary/aromatic N) is 2. The number of aliphatic imine (C=N–C) groups is 1. The Morgan fingerprint density at radius 1 is 1.30 bits per heavy atom. The second-order valence-corrected chi connectivity index (χ2v) is 4.76. The summed E-state index contributed by atoms with van der Waals surface area (Å²) in [6.07, 6.45) is 1.60. The first-order valence-electron chi connectivity index (χ1n) is 7.35. The van der Waals surface area contributed by atoms with Gasteiger partial charge in [0.25, 0.3) is 0 Å². The van der Waals surface area contributed by atoms with Crippen molar-refractivity contribution < 1.29 is 9.26 Å². The maximum Gasteiger partial charge on any atom is 0.193 e. The number of anilines is 1. The molecule has 1 aromatic carbocycles. The fraction of sp³-hybridized carbons (Fsp3) is 0.375. The molecule has 2 rings (SSSR count). The highest BCUT2D eigenvalue weighted by molar-refractivity contribution is 14.0. The third-order valence-corrected chi connectivity index (χ3v) is 3.38. The molecule has 1 heterocycles. The van der Waals surface area contributed by atoms with Crippen LogP contribution in [-0.4, -0.2) is 18.2 Å². The Labute approximate surface area is 153 Å². The fourth-order valence-corrected chi connectivity index (χ4v) is 2.21. The third kappa shape index (κ3) is 4.85. The lowest BCUT2D eigenvalue weighted by atomic mass is 10.1. The van der Waals surface area contributed by atoms with E-state index in [1.165, 1.54) is 0 Å². The summed E-state index contributed by atoms with van der Waals surface area (Å²) in [4.78, 5) is 4.38. The summed E-state index contributed by atoms with van der Waals surface area (Å²) in [6.45, 7) is 4.52. The van der Waals surface area contributed by atoms with Crippen molar-refractivity contribution in [2.75, 3.05) is 12.4 Å². The molecule has 0 aliphatic heterocycles. The zero-order valence-corrected chi connectivity index (χ0v) is 16.0. The molecule has 0 atom stereocenters. The van der Waals surface area contributed by atoms with Crippen molar-refractivity contribution >= 4 is 35.6 Å². The normalized spacial score (nSPS) is 11.0. The molecule has 0 aliphatic rings. The molecular weight excluding hydrogens is 407 g/mol. The molecule has 23 heavy (non-hydrogen) atoms. The Morgan fingerprint density at radius 3 is 2.70 bits per heavy atom. The van der Waals surface area contributed by atoms with E-state index in [9.17, 15) is 0 Å². The minimum absolute atomic E-state index is 0. The van der Waals surface area contributed by atoms with Crippen LogP contribution in [0.5, 0.6) is 5.75 Å². The van der Waals surface area contributed by atoms with Crippen LogP contribution in [0.3, 0.4) is 0 Å². The second kappa shape index (κ2) is 9.39. The summed E-state index contributed by atoms with van der Waals surface area (Å²) in [5.74, 6) is 1.91. The lowest BCUT2D eigenvalue weighted by molar-refractivity contribution is 0.380. The summed E-state index contributed by atoms with van der Waals surface area (Å²) in [5, 5.41) is 7.12. The standard InChI is InChI=1S/C16H22N4O2.HI/c1-4-12-11(14(5-2)22-20-12)10-18-16(17)19-13-8-6-7-9-15(13)21-3;/h6-9H,4-5,10H2,1-3H3,(H3,17,18,19);1H. The van der Waals surface area contributed by atoms with Gasteiger partial charge in [0.2, 0.25) is 0 Å². The topological polar surface area (TPSA) is 85.7 Å². The van der Waals surface area contributed by atoms with E-state index < -0.39 is 0 Å². The number of hydrogen-bond acceptors (Lipinski definition) is 4. The van der Waals surface area contributed by atoms with Gasteiger partial charge >= 0.3 is 0 Å². The monoisotopic (exact) mass is 430 g/mol. The molecule has 0 saturated heterocycles. The molecule has 1 aromatic heterocycles. The number of para-hydroxylation sites is 2. The van der Waals surface area contributed by atoms with Gasteiger partial charge in [0.05, 0.1) is 25.0 Å². The van der Waals surface area contributed by atoms with E-state index in [4.69, 9.17) is 15.0 Å². The van der Waals surface area contributed by atoms with Crippen LogP contribution in [0, 0.1) is 0 Å². The lowest BCUT2D eigenvalue weighted by Crippen LogP contribution is -2.23. The van der Waals surface area contributed by atoms with Crippen molar-refractivity contribution in [3.63, 3.8) is 0 Å². The number of nitrogens with one attached hydrogen (secondary N) is 1. The van der Waals surface area contributed by atoms with Crippen molar-refractivity contribution in [1.82, 2.24) is 5.16 Å². The first-order valence-corrected chi connectivity index (χ1v) is 7.35. The Kier molecular flexibility index (Phi) is 7.87. The maximum atomic E-state index is 5.96. The van der Waals surface area contributed by atoms with E-state index in [1.807, 2.05) is 38.1 Å². The van der Waals surface area contributed by atoms with Crippen molar-refractivity contribution in [2.45, 2.75) is 33.2 Å². The molecule has 3 N–H and O–H groups in total. The van der Waals surface area contributed by atoms with Gasteiger partial charge in [0, 0.05) is 12.0 Å². The number of ether oxygens (including phenoxy) is 1. The Bertz CT molecular complexity index is 634. The van der Waals surface area contributed by atoms with Gasteiger partial charge in [-0.1, -0.05) is 31.1 Å². The lowest BCUT2D eigenvalue weighted by Gasteiger charge is -2.10. The molecule has 0 unspecified atom stereocenters. The highest BCUT2D eigenvalue weighted by Crippen LogP contribution is 2.23. The molecule has 0 spiro atoms. The quantitative estimate of drug-likeness (QED) is 0.417. The van der Waals surface area contributed by atoms with E-state index in [-0.39, 0.29) is 24.0 Å². The Balaban J connectivity index is 0.00000264. The predicted molar refractivity (Wildman–Crippen MR) is 103 cm³/mol. The number of hydrogen-bond donors (Lipinski definition) is 2. The van der Waals surface area contributed by atoms with E-state index in [0.717, 1.165) is 35.5 Å². The highest BCUT2D eigenvalue weighted by atomic mass is 127. The first-order chi connectivity index (χ1) is 10.7. The van der Waals surface area contributed by atoms with Gasteiger partial charge < -0.3 is 20.3 Å². The van der Waals surface area contributed by atoms with Gasteiger partial charge in [-0.25, -0.2) is 4.99 Å². The molecule has 0 bridgehead atoms. The second-order valence-electron chi connectivity index (χ2n) is 4.76. The Hall–Kier alpha value is -1.77. The Morgan fingerprint density at radius 2 is 2.04 bits per heavy atom. The summed E-state index contributed by atoms with van der Waals surface area (Å²) in [5.41, 5.74) is 8.70. The summed E-state index contributed by atoms with van der Waals surface area (Å²) < 4.78 is 10.6. The van der Waals surface area contributed by atoms with Gasteiger partial charge in [-0.05, 0) is 18.6 Å². The number of aryl methyl sites for hydroxylation is 2. The molecule has 0 saturated carbocycles. The zero-order valence-electron chi connectivity index (χ0n) is 13.6. The molecule has 2 aromatic rings. The highest BCUT2D eigenvalue weighted by Gasteiger charge is 2.12. The molecule has 6 nitrogen and oxygen atoms in total. The van der Waals surface area contributed by atoms with Gasteiger partial charge in [-0.3, -0.25) is 0 Å².